The van der Waals surface area contributed by atoms with Crippen molar-refractivity contribution >= 4 is 11.9 Å². The number of methoxy groups -OCH3 is 3. The minimum absolute atomic E-state index is 0.00372. The molecule has 0 N–H and O–H groups in total. The van der Waals surface area contributed by atoms with Crippen molar-refractivity contribution in [3.63, 3.8) is 0 Å². The van der Waals surface area contributed by atoms with Crippen molar-refractivity contribution in [1.82, 2.24) is 4.90 Å². The quantitative estimate of drug-likeness (QED) is 0.0429. The van der Waals surface area contributed by atoms with Gasteiger partial charge < -0.3 is 28.6 Å². The van der Waals surface area contributed by atoms with Crippen LogP contribution in [0.5, 0.6) is 11.5 Å². The second-order valence-corrected chi connectivity index (χ2v) is 23.2. The molecule has 8 heteroatoms. The van der Waals surface area contributed by atoms with Gasteiger partial charge in [-0.1, -0.05) is 133 Å². The van der Waals surface area contributed by atoms with Gasteiger partial charge in [-0.3, -0.25) is 9.59 Å². The van der Waals surface area contributed by atoms with Gasteiger partial charge in [-0.15, -0.1) is 0 Å². The maximum absolute atomic E-state index is 14.0. The lowest BCUT2D eigenvalue weighted by Crippen LogP contribution is -2.51. The molecule has 0 spiro atoms. The number of unbranched alkanes of at least 4 members (excludes halogenated alkanes) is 3. The molecule has 0 aromatic heterocycles. The third-order valence-corrected chi connectivity index (χ3v) is 18.8. The highest BCUT2D eigenvalue weighted by molar-refractivity contribution is 5.77. The van der Waals surface area contributed by atoms with Crippen LogP contribution in [0.25, 0.3) is 0 Å². The van der Waals surface area contributed by atoms with Crippen molar-refractivity contribution in [2.24, 2.45) is 46.3 Å². The molecular formula is C62H87NO7. The predicted molar refractivity (Wildman–Crippen MR) is 280 cm³/mol. The normalized spacial score (nSPS) is 28.9. The summed E-state index contributed by atoms with van der Waals surface area (Å²) in [4.78, 5) is 29.3. The van der Waals surface area contributed by atoms with E-state index < -0.39 is 5.60 Å². The van der Waals surface area contributed by atoms with Gasteiger partial charge in [0.05, 0.1) is 33.0 Å². The molecule has 0 bridgehead atoms. The van der Waals surface area contributed by atoms with E-state index in [1.807, 2.05) is 47.4 Å². The van der Waals surface area contributed by atoms with Gasteiger partial charge in [-0.25, -0.2) is 0 Å². The highest BCUT2D eigenvalue weighted by Crippen LogP contribution is 2.67. The van der Waals surface area contributed by atoms with Crippen molar-refractivity contribution in [1.29, 1.82) is 0 Å². The number of amides is 1. The van der Waals surface area contributed by atoms with E-state index in [1.54, 1.807) is 26.9 Å². The number of esters is 1. The van der Waals surface area contributed by atoms with Crippen LogP contribution in [0.1, 0.15) is 167 Å². The Bertz CT molecular complexity index is 2140. The second-order valence-electron chi connectivity index (χ2n) is 23.2. The fourth-order valence-electron chi connectivity index (χ4n) is 14.8. The molecule has 1 aliphatic heterocycles. The summed E-state index contributed by atoms with van der Waals surface area (Å²) in [6, 6.07) is 26.2. The van der Waals surface area contributed by atoms with Crippen molar-refractivity contribution in [3.05, 3.63) is 107 Å². The molecule has 3 aromatic rings. The van der Waals surface area contributed by atoms with E-state index in [2.05, 4.69) is 77.1 Å². The van der Waals surface area contributed by atoms with Gasteiger partial charge in [0, 0.05) is 32.9 Å². The van der Waals surface area contributed by atoms with Crippen LogP contribution in [-0.2, 0) is 29.4 Å². The molecule has 3 unspecified atom stereocenters. The van der Waals surface area contributed by atoms with Gasteiger partial charge in [-0.05, 0) is 152 Å². The number of likely N-dealkylation sites (tertiary alicyclic amines) is 1. The molecule has 70 heavy (non-hydrogen) atoms. The fraction of sp³-hybridized carbons (Fsp3) is 0.645. The molecule has 1 amide bonds. The maximum atomic E-state index is 14.0. The Kier molecular flexibility index (Phi) is 17.3. The molecular weight excluding hydrogens is 871 g/mol. The lowest BCUT2D eigenvalue weighted by atomic mass is 9.47. The third-order valence-electron chi connectivity index (χ3n) is 18.8. The number of hydrogen-bond donors (Lipinski definition) is 0. The minimum Gasteiger partial charge on any atom is -0.497 e. The SMILES string of the molecule is COc1ccc(C(OC[C@@H]2C[C@@H](OC)CN2C(=O)CCCCCCC(=O)O[C@H]2CC[C@@]3(C)C(=CCC4C3CC[C@@]3(C)C4CC[C@@H]3[C@H](C)CCCC(C)C)C2)(c2ccccc2)c2ccc(OC)cc2)cc1. The smallest absolute Gasteiger partial charge is 0.306 e. The standard InChI is InChI=1S/C62H87NO7/c1-43(2)17-16-18-44(3)55-33-34-56-54-32-27-48-39-52(35-37-60(48,4)57(54)36-38-61(55,56)5)70-59(65)22-15-10-9-14-21-58(64)63-41-53(68-8)40-49(63)42-69-62(45-19-12-11-13-20-45,46-23-28-50(66-6)29-24-46)47-25-30-51(67-7)31-26-47/h11-13,19-20,23-31,43-44,49,52-57H,9-10,14-18,21-22,32-42H2,1-8H3/t44-,49+,52+,53-,54?,55-,56?,57?,60+,61-/m1/s1. The molecule has 4 fully saturated rings. The summed E-state index contributed by atoms with van der Waals surface area (Å²) < 4.78 is 30.4. The first-order chi connectivity index (χ1) is 33.8. The molecule has 8 rings (SSSR count). The van der Waals surface area contributed by atoms with E-state index in [9.17, 15) is 9.59 Å². The van der Waals surface area contributed by atoms with E-state index >= 15 is 0 Å². The zero-order chi connectivity index (χ0) is 49.5. The second kappa shape index (κ2) is 23.2. The average Bonchev–Trinajstić information content (AvgIpc) is 3.97. The Morgan fingerprint density at radius 3 is 2.01 bits per heavy atom. The van der Waals surface area contributed by atoms with Crippen molar-refractivity contribution in [2.75, 3.05) is 34.5 Å². The molecule has 4 aliphatic carbocycles. The summed E-state index contributed by atoms with van der Waals surface area (Å²) >= 11 is 0. The fourth-order valence-corrected chi connectivity index (χ4v) is 14.8. The van der Waals surface area contributed by atoms with Gasteiger partial charge in [0.2, 0.25) is 5.91 Å². The van der Waals surface area contributed by atoms with E-state index in [0.29, 0.717) is 37.8 Å². The van der Waals surface area contributed by atoms with Gasteiger partial charge >= 0.3 is 5.97 Å². The van der Waals surface area contributed by atoms with E-state index in [-0.39, 0.29) is 35.5 Å². The summed E-state index contributed by atoms with van der Waals surface area (Å²) in [5, 5.41) is 0. The van der Waals surface area contributed by atoms with Crippen LogP contribution in [-0.4, -0.2) is 69.5 Å². The monoisotopic (exact) mass is 958 g/mol. The van der Waals surface area contributed by atoms with Crippen LogP contribution in [0.4, 0.5) is 0 Å². The molecule has 382 valence electrons. The van der Waals surface area contributed by atoms with Crippen molar-refractivity contribution in [2.45, 2.75) is 174 Å². The summed E-state index contributed by atoms with van der Waals surface area (Å²) in [7, 11) is 5.06. The van der Waals surface area contributed by atoms with Crippen LogP contribution in [0.2, 0.25) is 0 Å². The van der Waals surface area contributed by atoms with Crippen LogP contribution in [0.15, 0.2) is 90.5 Å². The number of carbonyl (C=O) groups excluding carboxylic acids is 2. The highest BCUT2D eigenvalue weighted by atomic mass is 16.5. The Balaban J connectivity index is 0.809. The molecule has 0 radical (unpaired) electrons. The molecule has 3 aromatic carbocycles. The number of allylic oxidation sites excluding steroid dienone is 1. The zero-order valence-corrected chi connectivity index (χ0v) is 44.2. The Hall–Kier alpha value is -4.14. The van der Waals surface area contributed by atoms with Crippen molar-refractivity contribution in [3.8, 4) is 11.5 Å². The summed E-state index contributed by atoms with van der Waals surface area (Å²) in [6.45, 7) is 13.4. The molecule has 3 saturated carbocycles. The summed E-state index contributed by atoms with van der Waals surface area (Å²) in [5.41, 5.74) is 4.24. The first kappa shape index (κ1) is 52.2. The summed E-state index contributed by atoms with van der Waals surface area (Å²) in [5.74, 6) is 6.54. The molecule has 10 atom stereocenters. The van der Waals surface area contributed by atoms with Gasteiger partial charge in [0.1, 0.15) is 23.2 Å². The number of hydrogen-bond acceptors (Lipinski definition) is 7. The maximum Gasteiger partial charge on any atom is 0.306 e. The average molecular weight is 958 g/mol. The number of benzene rings is 3. The minimum atomic E-state index is -0.974. The Labute approximate surface area is 422 Å². The van der Waals surface area contributed by atoms with Crippen LogP contribution in [0, 0.1) is 46.3 Å². The first-order valence-electron chi connectivity index (χ1n) is 27.5. The number of rotatable bonds is 22. The Morgan fingerprint density at radius 2 is 1.37 bits per heavy atom. The number of ether oxygens (including phenoxy) is 5. The predicted octanol–water partition coefficient (Wildman–Crippen LogP) is 13.9. The van der Waals surface area contributed by atoms with E-state index in [4.69, 9.17) is 23.7 Å². The molecule has 5 aliphatic rings. The Morgan fingerprint density at radius 1 is 0.714 bits per heavy atom. The lowest BCUT2D eigenvalue weighted by Gasteiger charge is -2.58. The highest BCUT2D eigenvalue weighted by Gasteiger charge is 2.59. The molecule has 8 nitrogen and oxygen atoms in total. The molecule has 1 saturated heterocycles. The van der Waals surface area contributed by atoms with Gasteiger partial charge in [-0.2, -0.15) is 0 Å². The van der Waals surface area contributed by atoms with Crippen LogP contribution in [0.3, 0.4) is 0 Å². The van der Waals surface area contributed by atoms with E-state index in [1.165, 1.54) is 51.4 Å². The largest absolute Gasteiger partial charge is 0.497 e. The number of fused-ring (bicyclic) bond motifs is 5. The summed E-state index contributed by atoms with van der Waals surface area (Å²) in [6.07, 6.45) is 21.5. The zero-order valence-electron chi connectivity index (χ0n) is 44.2. The number of carbonyl (C=O) groups is 2. The van der Waals surface area contributed by atoms with Crippen LogP contribution < -0.4 is 9.47 Å². The van der Waals surface area contributed by atoms with Crippen molar-refractivity contribution < 1.29 is 33.3 Å². The van der Waals surface area contributed by atoms with Gasteiger partial charge in [0.25, 0.3) is 0 Å². The third kappa shape index (κ3) is 11.1. The lowest BCUT2D eigenvalue weighted by molar-refractivity contribution is -0.151. The number of nitrogens with zero attached hydrogens (tertiary/aromatic N) is 1. The van der Waals surface area contributed by atoms with E-state index in [0.717, 1.165) is 109 Å². The molecule has 1 heterocycles. The first-order valence-corrected chi connectivity index (χ1v) is 27.5. The van der Waals surface area contributed by atoms with Crippen LogP contribution >= 0.6 is 0 Å². The van der Waals surface area contributed by atoms with Gasteiger partial charge in [0.15, 0.2) is 0 Å². The topological polar surface area (TPSA) is 83.5 Å².